The summed E-state index contributed by atoms with van der Waals surface area (Å²) in [6, 6.07) is -0.544. The average molecular weight is 959 g/mol. The van der Waals surface area contributed by atoms with Gasteiger partial charge in [-0.15, -0.1) is 0 Å². The second-order valence-corrected chi connectivity index (χ2v) is 21.0. The Morgan fingerprint density at radius 3 is 1.12 bits per heavy atom. The van der Waals surface area contributed by atoms with Crippen LogP contribution in [0.2, 0.25) is 0 Å². The van der Waals surface area contributed by atoms with Gasteiger partial charge in [-0.2, -0.15) is 0 Å². The van der Waals surface area contributed by atoms with Gasteiger partial charge in [-0.25, -0.2) is 0 Å². The van der Waals surface area contributed by atoms with Crippen LogP contribution < -0.4 is 5.32 Å². The van der Waals surface area contributed by atoms with Crippen LogP contribution in [0.4, 0.5) is 0 Å². The third kappa shape index (κ3) is 53.7. The van der Waals surface area contributed by atoms with Gasteiger partial charge in [-0.1, -0.05) is 301 Å². The van der Waals surface area contributed by atoms with E-state index in [9.17, 15) is 19.8 Å². The number of carbonyl (C=O) groups is 2. The number of aliphatic hydroxyl groups excluding tert-OH is 2. The van der Waals surface area contributed by atoms with Crippen molar-refractivity contribution < 1.29 is 24.5 Å². The molecule has 0 saturated heterocycles. The molecule has 0 fully saturated rings. The summed E-state index contributed by atoms with van der Waals surface area (Å²) in [5.74, 6) is -0.0700. The fraction of sp³-hybridized carbons (Fsp3) is 0.903. The van der Waals surface area contributed by atoms with Gasteiger partial charge < -0.3 is 20.3 Å². The predicted molar refractivity (Wildman–Crippen MR) is 296 cm³/mol. The van der Waals surface area contributed by atoms with Gasteiger partial charge in [0, 0.05) is 12.8 Å². The molecular formula is C62H119NO5. The summed E-state index contributed by atoms with van der Waals surface area (Å²) in [5.41, 5.74) is 0. The van der Waals surface area contributed by atoms with Crippen molar-refractivity contribution in [3.8, 4) is 0 Å². The Bertz CT molecular complexity index is 1060. The Labute approximate surface area is 424 Å². The molecule has 0 aromatic carbocycles. The molecular weight excluding hydrogens is 839 g/mol. The van der Waals surface area contributed by atoms with E-state index in [1.54, 1.807) is 0 Å². The number of hydrogen-bond donors (Lipinski definition) is 3. The van der Waals surface area contributed by atoms with E-state index in [4.69, 9.17) is 4.74 Å². The second kappa shape index (κ2) is 57.9. The molecule has 2 atom stereocenters. The average Bonchev–Trinajstić information content (AvgIpc) is 3.34. The zero-order chi connectivity index (χ0) is 49.3. The first kappa shape index (κ1) is 66.3. The number of allylic oxidation sites excluding steroid dienone is 3. The zero-order valence-corrected chi connectivity index (χ0v) is 45.9. The van der Waals surface area contributed by atoms with Gasteiger partial charge in [0.2, 0.25) is 5.91 Å². The fourth-order valence-corrected chi connectivity index (χ4v) is 9.60. The van der Waals surface area contributed by atoms with Crippen molar-refractivity contribution in [2.75, 3.05) is 13.2 Å². The number of carbonyl (C=O) groups excluding carboxylic acids is 2. The summed E-state index contributed by atoms with van der Waals surface area (Å²) in [4.78, 5) is 24.5. The lowest BCUT2D eigenvalue weighted by Crippen LogP contribution is -2.45. The predicted octanol–water partition coefficient (Wildman–Crippen LogP) is 19.0. The summed E-state index contributed by atoms with van der Waals surface area (Å²) in [5, 5.41) is 23.2. The molecule has 68 heavy (non-hydrogen) atoms. The third-order valence-electron chi connectivity index (χ3n) is 14.3. The molecule has 6 heteroatoms. The number of hydrogen-bond acceptors (Lipinski definition) is 5. The molecule has 0 saturated carbocycles. The van der Waals surface area contributed by atoms with Gasteiger partial charge in [0.05, 0.1) is 25.4 Å². The minimum atomic E-state index is -0.666. The summed E-state index contributed by atoms with van der Waals surface area (Å²) < 4.78 is 5.44. The highest BCUT2D eigenvalue weighted by atomic mass is 16.5. The van der Waals surface area contributed by atoms with E-state index in [1.807, 2.05) is 0 Å². The molecule has 6 nitrogen and oxygen atoms in total. The van der Waals surface area contributed by atoms with E-state index < -0.39 is 12.1 Å². The topological polar surface area (TPSA) is 95.9 Å². The monoisotopic (exact) mass is 958 g/mol. The lowest BCUT2D eigenvalue weighted by atomic mass is 10.0. The lowest BCUT2D eigenvalue weighted by molar-refractivity contribution is -0.143. The molecule has 3 N–H and O–H groups in total. The number of esters is 1. The van der Waals surface area contributed by atoms with Gasteiger partial charge in [-0.3, -0.25) is 9.59 Å². The molecule has 0 aliphatic heterocycles. The molecule has 0 aromatic rings. The van der Waals surface area contributed by atoms with Crippen LogP contribution in [0.25, 0.3) is 0 Å². The third-order valence-corrected chi connectivity index (χ3v) is 14.3. The quantitative estimate of drug-likeness (QED) is 0.0321. The Hall–Kier alpha value is -1.66. The van der Waals surface area contributed by atoms with E-state index in [2.05, 4.69) is 43.5 Å². The minimum absolute atomic E-state index is 0.0302. The SMILES string of the molecule is CCCCCCCCCCCCCCCCCCCCCC(=O)OCC/C=C\C/C=C\CCCCCCCCCCCCCCCCC(=O)NC(CO)C(O)CCCCCCCCCCCCC. The molecule has 2 unspecified atom stereocenters. The Morgan fingerprint density at radius 2 is 0.735 bits per heavy atom. The van der Waals surface area contributed by atoms with Gasteiger partial charge in [0.15, 0.2) is 0 Å². The van der Waals surface area contributed by atoms with Crippen LogP contribution in [0.5, 0.6) is 0 Å². The van der Waals surface area contributed by atoms with E-state index >= 15 is 0 Å². The van der Waals surface area contributed by atoms with Crippen molar-refractivity contribution in [1.82, 2.24) is 5.32 Å². The molecule has 0 spiro atoms. The number of rotatable bonds is 57. The molecule has 1 amide bonds. The number of aliphatic hydroxyl groups is 2. The Balaban J connectivity index is 3.41. The maximum absolute atomic E-state index is 12.4. The normalized spacial score (nSPS) is 12.7. The van der Waals surface area contributed by atoms with Gasteiger partial charge in [0.25, 0.3) is 0 Å². The highest BCUT2D eigenvalue weighted by Gasteiger charge is 2.20. The van der Waals surface area contributed by atoms with Crippen molar-refractivity contribution in [3.05, 3.63) is 24.3 Å². The van der Waals surface area contributed by atoms with Crippen molar-refractivity contribution in [2.45, 2.75) is 347 Å². The molecule has 0 rings (SSSR count). The number of unbranched alkanes of at least 4 members (excludes halogenated alkanes) is 42. The molecule has 0 aliphatic carbocycles. The molecule has 0 aliphatic rings. The number of nitrogens with one attached hydrogen (secondary N) is 1. The van der Waals surface area contributed by atoms with E-state index in [0.29, 0.717) is 25.9 Å². The van der Waals surface area contributed by atoms with Crippen LogP contribution in [0.15, 0.2) is 24.3 Å². The molecule has 0 bridgehead atoms. The molecule has 0 radical (unpaired) electrons. The molecule has 402 valence electrons. The van der Waals surface area contributed by atoms with Gasteiger partial charge >= 0.3 is 5.97 Å². The first-order valence-corrected chi connectivity index (χ1v) is 30.6. The standard InChI is InChI=1S/C62H119NO5/c1-3-5-7-9-11-13-15-16-17-18-22-26-29-32-36-40-44-48-52-56-62(67)68-57-53-49-45-41-37-33-30-27-24-21-19-20-23-25-28-31-35-39-43-47-51-55-61(66)63-59(58-64)60(65)54-50-46-42-38-34-14-12-10-8-6-4-2/h33,37,45,49,59-60,64-65H,3-32,34-36,38-44,46-48,50-58H2,1-2H3,(H,63,66)/b37-33-,49-45-. The summed E-state index contributed by atoms with van der Waals surface area (Å²) >= 11 is 0. The molecule has 0 aromatic heterocycles. The van der Waals surface area contributed by atoms with Crippen molar-refractivity contribution in [2.24, 2.45) is 0 Å². The van der Waals surface area contributed by atoms with E-state index in [1.165, 1.54) is 250 Å². The van der Waals surface area contributed by atoms with E-state index in [-0.39, 0.29) is 18.5 Å². The fourth-order valence-electron chi connectivity index (χ4n) is 9.60. The Kier molecular flexibility index (Phi) is 56.5. The zero-order valence-electron chi connectivity index (χ0n) is 45.9. The lowest BCUT2D eigenvalue weighted by Gasteiger charge is -2.22. The van der Waals surface area contributed by atoms with Gasteiger partial charge in [0.1, 0.15) is 0 Å². The second-order valence-electron chi connectivity index (χ2n) is 21.0. The minimum Gasteiger partial charge on any atom is -0.465 e. The van der Waals surface area contributed by atoms with Crippen LogP contribution in [0.3, 0.4) is 0 Å². The van der Waals surface area contributed by atoms with Crippen molar-refractivity contribution in [1.29, 1.82) is 0 Å². The van der Waals surface area contributed by atoms with Crippen LogP contribution in [-0.2, 0) is 14.3 Å². The molecule has 0 heterocycles. The number of amides is 1. The van der Waals surface area contributed by atoms with Crippen LogP contribution in [0, 0.1) is 0 Å². The largest absolute Gasteiger partial charge is 0.465 e. The van der Waals surface area contributed by atoms with Crippen LogP contribution >= 0.6 is 0 Å². The van der Waals surface area contributed by atoms with E-state index in [0.717, 1.165) is 51.4 Å². The Morgan fingerprint density at radius 1 is 0.412 bits per heavy atom. The van der Waals surface area contributed by atoms with Crippen LogP contribution in [-0.4, -0.2) is 47.4 Å². The first-order valence-electron chi connectivity index (χ1n) is 30.6. The summed E-state index contributed by atoms with van der Waals surface area (Å²) in [7, 11) is 0. The highest BCUT2D eigenvalue weighted by molar-refractivity contribution is 5.76. The smallest absolute Gasteiger partial charge is 0.305 e. The van der Waals surface area contributed by atoms with Crippen molar-refractivity contribution >= 4 is 11.9 Å². The maximum Gasteiger partial charge on any atom is 0.305 e. The first-order chi connectivity index (χ1) is 33.5. The van der Waals surface area contributed by atoms with Gasteiger partial charge in [-0.05, 0) is 44.9 Å². The summed E-state index contributed by atoms with van der Waals surface area (Å²) in [6.07, 6.45) is 70.6. The summed E-state index contributed by atoms with van der Waals surface area (Å²) in [6.45, 7) is 4.86. The van der Waals surface area contributed by atoms with Crippen LogP contribution in [0.1, 0.15) is 335 Å². The maximum atomic E-state index is 12.4. The van der Waals surface area contributed by atoms with Crippen molar-refractivity contribution in [3.63, 3.8) is 0 Å². The number of ether oxygens (including phenoxy) is 1. The highest BCUT2D eigenvalue weighted by Crippen LogP contribution is 2.18.